The highest BCUT2D eigenvalue weighted by atomic mass is 16.4. The molecule has 0 bridgehead atoms. The van der Waals surface area contributed by atoms with Crippen molar-refractivity contribution in [3.63, 3.8) is 0 Å². The van der Waals surface area contributed by atoms with Crippen LogP contribution in [0.2, 0.25) is 0 Å². The van der Waals surface area contributed by atoms with E-state index < -0.39 is 5.97 Å². The second kappa shape index (κ2) is 8.13. The summed E-state index contributed by atoms with van der Waals surface area (Å²) in [5.41, 5.74) is 2.81. The van der Waals surface area contributed by atoms with Crippen molar-refractivity contribution in [3.05, 3.63) is 53.3 Å². The lowest BCUT2D eigenvalue weighted by Crippen LogP contribution is -2.10. The van der Waals surface area contributed by atoms with Gasteiger partial charge in [-0.1, -0.05) is 44.6 Å². The predicted molar refractivity (Wildman–Crippen MR) is 94.4 cm³/mol. The minimum Gasteiger partial charge on any atom is -0.478 e. The molecular weight excluding hydrogens is 300 g/mol. The first-order valence-electron chi connectivity index (χ1n) is 9.07. The molecule has 24 heavy (non-hydrogen) atoms. The van der Waals surface area contributed by atoms with E-state index in [1.54, 1.807) is 12.3 Å². The monoisotopic (exact) mass is 326 g/mol. The molecule has 0 amide bonds. The van der Waals surface area contributed by atoms with Crippen LogP contribution in [0.4, 0.5) is 0 Å². The number of nitrogens with zero attached hydrogens (tertiary/aromatic N) is 2. The number of hydrogen-bond acceptors (Lipinski definition) is 2. The topological polar surface area (TPSA) is 55.1 Å². The van der Waals surface area contributed by atoms with Crippen LogP contribution in [-0.2, 0) is 6.54 Å². The number of carboxylic acid groups (broad SMARTS) is 1. The summed E-state index contributed by atoms with van der Waals surface area (Å²) in [5, 5.41) is 13.7. The number of carbonyl (C=O) groups is 1. The molecule has 1 aliphatic carbocycles. The molecule has 3 rings (SSSR count). The summed E-state index contributed by atoms with van der Waals surface area (Å²) in [4.78, 5) is 11.4. The Morgan fingerprint density at radius 3 is 2.46 bits per heavy atom. The summed E-state index contributed by atoms with van der Waals surface area (Å²) >= 11 is 0. The largest absolute Gasteiger partial charge is 0.478 e. The smallest absolute Gasteiger partial charge is 0.335 e. The van der Waals surface area contributed by atoms with Crippen molar-refractivity contribution in [1.29, 1.82) is 0 Å². The maximum absolute atomic E-state index is 11.4. The number of rotatable bonds is 4. The average Bonchev–Trinajstić information content (AvgIpc) is 3.11. The zero-order chi connectivity index (χ0) is 16.8. The summed E-state index contributed by atoms with van der Waals surface area (Å²) in [6.07, 6.45) is 13.8. The Kier molecular flexibility index (Phi) is 5.68. The van der Waals surface area contributed by atoms with Gasteiger partial charge in [0, 0.05) is 12.4 Å². The van der Waals surface area contributed by atoms with E-state index >= 15 is 0 Å². The van der Waals surface area contributed by atoms with Gasteiger partial charge in [-0.05, 0) is 48.1 Å². The van der Waals surface area contributed by atoms with Gasteiger partial charge in [-0.15, -0.1) is 0 Å². The zero-order valence-electron chi connectivity index (χ0n) is 14.2. The summed E-state index contributed by atoms with van der Waals surface area (Å²) < 4.78 is 1.91. The highest BCUT2D eigenvalue weighted by Gasteiger charge is 2.18. The molecule has 1 aromatic carbocycles. The van der Waals surface area contributed by atoms with Gasteiger partial charge in [0.25, 0.3) is 0 Å². The van der Waals surface area contributed by atoms with Crippen LogP contribution in [-0.4, -0.2) is 20.9 Å². The molecule has 0 radical (unpaired) electrons. The number of aromatic nitrogens is 2. The van der Waals surface area contributed by atoms with E-state index in [9.17, 15) is 9.90 Å². The van der Waals surface area contributed by atoms with E-state index in [-0.39, 0.29) is 0 Å². The van der Waals surface area contributed by atoms with Crippen molar-refractivity contribution < 1.29 is 9.90 Å². The second-order valence-electron chi connectivity index (χ2n) is 6.82. The van der Waals surface area contributed by atoms with Crippen LogP contribution in [0.1, 0.15) is 78.8 Å². The molecule has 0 spiro atoms. The average molecular weight is 326 g/mol. The summed E-state index contributed by atoms with van der Waals surface area (Å²) in [7, 11) is 0. The van der Waals surface area contributed by atoms with Crippen molar-refractivity contribution >= 4 is 5.97 Å². The zero-order valence-corrected chi connectivity index (χ0v) is 14.2. The lowest BCUT2D eigenvalue weighted by Gasteiger charge is -2.21. The molecule has 1 aromatic heterocycles. The Bertz CT molecular complexity index is 654. The van der Waals surface area contributed by atoms with E-state index in [1.165, 1.54) is 49.7 Å². The van der Waals surface area contributed by atoms with Crippen LogP contribution in [0.15, 0.2) is 36.7 Å². The Hall–Kier alpha value is -2.10. The molecule has 1 aliphatic rings. The van der Waals surface area contributed by atoms with Gasteiger partial charge in [0.2, 0.25) is 0 Å². The summed E-state index contributed by atoms with van der Waals surface area (Å²) in [6, 6.07) is 7.53. The van der Waals surface area contributed by atoms with Gasteiger partial charge in [-0.3, -0.25) is 4.68 Å². The van der Waals surface area contributed by atoms with Crippen molar-refractivity contribution in [2.24, 2.45) is 0 Å². The van der Waals surface area contributed by atoms with Crippen molar-refractivity contribution in [2.75, 3.05) is 0 Å². The van der Waals surface area contributed by atoms with Gasteiger partial charge in [0.1, 0.15) is 0 Å². The molecule has 0 atom stereocenters. The standard InChI is InChI=1S/C20H26N2O2/c23-20(24)17-10-11-18(15-22-13-7-12-21-22)19(14-17)16-8-5-3-1-2-4-6-9-16/h7,10-14,16H,1-6,8-9,15H2,(H,23,24). The Balaban J connectivity index is 1.91. The molecule has 4 heteroatoms. The molecular formula is C20H26N2O2. The van der Waals surface area contributed by atoms with Crippen LogP contribution in [0.3, 0.4) is 0 Å². The first kappa shape index (κ1) is 16.7. The molecule has 1 fully saturated rings. The third-order valence-electron chi connectivity index (χ3n) is 5.08. The van der Waals surface area contributed by atoms with E-state index in [2.05, 4.69) is 5.10 Å². The minimum absolute atomic E-state index is 0.397. The van der Waals surface area contributed by atoms with Crippen LogP contribution in [0.25, 0.3) is 0 Å². The number of benzene rings is 1. The fourth-order valence-electron chi connectivity index (χ4n) is 3.76. The molecule has 0 aliphatic heterocycles. The Morgan fingerprint density at radius 2 is 1.83 bits per heavy atom. The van der Waals surface area contributed by atoms with E-state index in [4.69, 9.17) is 0 Å². The second-order valence-corrected chi connectivity index (χ2v) is 6.82. The third kappa shape index (κ3) is 4.25. The van der Waals surface area contributed by atoms with Crippen LogP contribution >= 0.6 is 0 Å². The highest BCUT2D eigenvalue weighted by Crippen LogP contribution is 2.33. The third-order valence-corrected chi connectivity index (χ3v) is 5.08. The van der Waals surface area contributed by atoms with E-state index in [1.807, 2.05) is 29.1 Å². The first-order valence-corrected chi connectivity index (χ1v) is 9.07. The maximum Gasteiger partial charge on any atom is 0.335 e. The number of aromatic carboxylic acids is 1. The molecule has 2 aromatic rings. The molecule has 0 unspecified atom stereocenters. The summed E-state index contributed by atoms with van der Waals surface area (Å²) in [5.74, 6) is -0.377. The van der Waals surface area contributed by atoms with Crippen molar-refractivity contribution in [2.45, 2.75) is 63.8 Å². The Labute approximate surface area is 143 Å². The lowest BCUT2D eigenvalue weighted by atomic mass is 9.85. The van der Waals surface area contributed by atoms with E-state index in [0.29, 0.717) is 18.0 Å². The minimum atomic E-state index is -0.843. The molecule has 1 saturated carbocycles. The molecule has 0 saturated heterocycles. The van der Waals surface area contributed by atoms with Gasteiger partial charge in [0.05, 0.1) is 12.1 Å². The number of hydrogen-bond donors (Lipinski definition) is 1. The van der Waals surface area contributed by atoms with Crippen LogP contribution < -0.4 is 0 Å². The summed E-state index contributed by atoms with van der Waals surface area (Å²) in [6.45, 7) is 0.707. The van der Waals surface area contributed by atoms with Crippen molar-refractivity contribution in [3.8, 4) is 0 Å². The predicted octanol–water partition coefficient (Wildman–Crippen LogP) is 4.85. The molecule has 4 nitrogen and oxygen atoms in total. The fourth-order valence-corrected chi connectivity index (χ4v) is 3.76. The van der Waals surface area contributed by atoms with Crippen molar-refractivity contribution in [1.82, 2.24) is 9.78 Å². The van der Waals surface area contributed by atoms with Gasteiger partial charge in [-0.25, -0.2) is 4.79 Å². The molecule has 1 N–H and O–H groups in total. The fraction of sp³-hybridized carbons (Fsp3) is 0.500. The van der Waals surface area contributed by atoms with E-state index in [0.717, 1.165) is 12.8 Å². The van der Waals surface area contributed by atoms with Gasteiger partial charge in [0.15, 0.2) is 0 Å². The van der Waals surface area contributed by atoms with Crippen LogP contribution in [0, 0.1) is 0 Å². The lowest BCUT2D eigenvalue weighted by molar-refractivity contribution is 0.0696. The normalized spacial score (nSPS) is 17.0. The Morgan fingerprint density at radius 1 is 1.12 bits per heavy atom. The van der Waals surface area contributed by atoms with Crippen LogP contribution in [0.5, 0.6) is 0 Å². The highest BCUT2D eigenvalue weighted by molar-refractivity contribution is 5.88. The maximum atomic E-state index is 11.4. The number of carboxylic acids is 1. The SMILES string of the molecule is O=C(O)c1ccc(Cn2cccn2)c(C2CCCCCCCC2)c1. The first-order chi connectivity index (χ1) is 11.7. The van der Waals surface area contributed by atoms with Gasteiger partial charge < -0.3 is 5.11 Å². The quantitative estimate of drug-likeness (QED) is 0.874. The van der Waals surface area contributed by atoms with Gasteiger partial charge >= 0.3 is 5.97 Å². The molecule has 1 heterocycles. The molecule has 128 valence electrons. The van der Waals surface area contributed by atoms with Gasteiger partial charge in [-0.2, -0.15) is 5.10 Å².